The van der Waals surface area contributed by atoms with Gasteiger partial charge in [-0.2, -0.15) is 0 Å². The molecule has 5 nitrogen and oxygen atoms in total. The summed E-state index contributed by atoms with van der Waals surface area (Å²) in [6.07, 6.45) is 1.13. The van der Waals surface area contributed by atoms with Gasteiger partial charge in [0.15, 0.2) is 0 Å². The highest BCUT2D eigenvalue weighted by Gasteiger charge is 2.24. The summed E-state index contributed by atoms with van der Waals surface area (Å²) in [5, 5.41) is 3.10. The first-order valence-corrected chi connectivity index (χ1v) is 11.2. The lowest BCUT2D eigenvalue weighted by atomic mass is 10.1. The molecule has 0 aliphatic carbocycles. The molecule has 1 N–H and O–H groups in total. The number of morpholine rings is 1. The number of ether oxygens (including phenoxy) is 1. The lowest BCUT2D eigenvalue weighted by Gasteiger charge is -2.28. The van der Waals surface area contributed by atoms with Crippen molar-refractivity contribution in [1.29, 1.82) is 0 Å². The van der Waals surface area contributed by atoms with E-state index in [-0.39, 0.29) is 11.7 Å². The Bertz CT molecular complexity index is 805. The molecule has 1 aromatic heterocycles. The smallest absolute Gasteiger partial charge is 0.261 e. The second-order valence-corrected chi connectivity index (χ2v) is 8.87. The van der Waals surface area contributed by atoms with Crippen LogP contribution in [0.5, 0.6) is 0 Å². The molecule has 3 heterocycles. The van der Waals surface area contributed by atoms with Crippen molar-refractivity contribution >= 4 is 17.2 Å². The van der Waals surface area contributed by atoms with Gasteiger partial charge in [0.25, 0.3) is 5.91 Å². The van der Waals surface area contributed by atoms with E-state index in [1.165, 1.54) is 23.5 Å². The van der Waals surface area contributed by atoms with Crippen molar-refractivity contribution in [1.82, 2.24) is 15.1 Å². The third-order valence-electron chi connectivity index (χ3n) is 5.72. The van der Waals surface area contributed by atoms with Crippen LogP contribution in [0.25, 0.3) is 10.4 Å². The number of benzene rings is 1. The van der Waals surface area contributed by atoms with Gasteiger partial charge in [0.05, 0.1) is 18.1 Å². The quantitative estimate of drug-likeness (QED) is 0.752. The Morgan fingerprint density at radius 3 is 2.62 bits per heavy atom. The molecule has 0 unspecified atom stereocenters. The predicted molar refractivity (Wildman–Crippen MR) is 114 cm³/mol. The van der Waals surface area contributed by atoms with E-state index in [0.717, 1.165) is 75.9 Å². The molecule has 1 aromatic carbocycles. The molecule has 2 fully saturated rings. The van der Waals surface area contributed by atoms with Gasteiger partial charge in [0, 0.05) is 44.1 Å². The number of likely N-dealkylation sites (tertiary alicyclic amines) is 1. The van der Waals surface area contributed by atoms with E-state index in [0.29, 0.717) is 10.8 Å². The molecule has 29 heavy (non-hydrogen) atoms. The van der Waals surface area contributed by atoms with Crippen molar-refractivity contribution < 1.29 is 13.9 Å². The van der Waals surface area contributed by atoms with Crippen LogP contribution in [0, 0.1) is 11.7 Å². The van der Waals surface area contributed by atoms with E-state index in [2.05, 4.69) is 15.1 Å². The van der Waals surface area contributed by atoms with Crippen LogP contribution in [0.15, 0.2) is 36.4 Å². The minimum atomic E-state index is -0.251. The first-order valence-electron chi connectivity index (χ1n) is 10.3. The lowest BCUT2D eigenvalue weighted by molar-refractivity contribution is 0.0342. The number of amides is 1. The van der Waals surface area contributed by atoms with E-state index >= 15 is 0 Å². The van der Waals surface area contributed by atoms with Gasteiger partial charge in [0.1, 0.15) is 5.82 Å². The molecular weight excluding hydrogens is 389 g/mol. The summed E-state index contributed by atoms with van der Waals surface area (Å²) in [5.41, 5.74) is 0.933. The SMILES string of the molecule is O=C(NC[C@H]1CCN(CCN2CCOCC2)C1)c1ccc(-c2ccc(F)cc2)s1. The highest BCUT2D eigenvalue weighted by atomic mass is 32.1. The molecule has 2 aliphatic rings. The normalized spacial score (nSPS) is 20.8. The zero-order valence-electron chi connectivity index (χ0n) is 16.6. The van der Waals surface area contributed by atoms with Crippen molar-refractivity contribution in [2.75, 3.05) is 59.0 Å². The van der Waals surface area contributed by atoms with Gasteiger partial charge < -0.3 is 15.0 Å². The van der Waals surface area contributed by atoms with Crippen molar-refractivity contribution in [3.05, 3.63) is 47.1 Å². The van der Waals surface area contributed by atoms with Crippen LogP contribution in [-0.2, 0) is 4.74 Å². The molecule has 0 radical (unpaired) electrons. The van der Waals surface area contributed by atoms with Crippen molar-refractivity contribution in [3.63, 3.8) is 0 Å². The first kappa shape index (κ1) is 20.5. The molecule has 0 saturated carbocycles. The fraction of sp³-hybridized carbons (Fsp3) is 0.500. The summed E-state index contributed by atoms with van der Waals surface area (Å²) in [6, 6.07) is 10.1. The second kappa shape index (κ2) is 9.80. The molecule has 2 aromatic rings. The van der Waals surface area contributed by atoms with Crippen molar-refractivity contribution in [2.24, 2.45) is 5.92 Å². The number of halogens is 1. The summed E-state index contributed by atoms with van der Waals surface area (Å²) < 4.78 is 18.5. The molecule has 2 saturated heterocycles. The summed E-state index contributed by atoms with van der Waals surface area (Å²) in [5.74, 6) is 0.245. The molecule has 0 spiro atoms. The van der Waals surface area contributed by atoms with E-state index in [4.69, 9.17) is 4.74 Å². The Morgan fingerprint density at radius 1 is 1.07 bits per heavy atom. The van der Waals surface area contributed by atoms with Crippen molar-refractivity contribution in [3.8, 4) is 10.4 Å². The molecule has 4 rings (SSSR count). The number of nitrogens with one attached hydrogen (secondary N) is 1. The minimum Gasteiger partial charge on any atom is -0.379 e. The zero-order chi connectivity index (χ0) is 20.1. The van der Waals surface area contributed by atoms with Crippen LogP contribution in [0.2, 0.25) is 0 Å². The van der Waals surface area contributed by atoms with Crippen LogP contribution in [0.3, 0.4) is 0 Å². The average molecular weight is 418 g/mol. The highest BCUT2D eigenvalue weighted by molar-refractivity contribution is 7.17. The van der Waals surface area contributed by atoms with Gasteiger partial charge in [-0.15, -0.1) is 11.3 Å². The number of nitrogens with zero attached hydrogens (tertiary/aromatic N) is 2. The second-order valence-electron chi connectivity index (χ2n) is 7.79. The summed E-state index contributed by atoms with van der Waals surface area (Å²) in [6.45, 7) is 8.84. The number of thiophene rings is 1. The maximum absolute atomic E-state index is 13.1. The monoisotopic (exact) mass is 417 g/mol. The number of rotatable bonds is 7. The van der Waals surface area contributed by atoms with E-state index < -0.39 is 0 Å². The Hall–Kier alpha value is -1.80. The summed E-state index contributed by atoms with van der Waals surface area (Å²) in [4.78, 5) is 19.2. The maximum Gasteiger partial charge on any atom is 0.261 e. The molecule has 2 aliphatic heterocycles. The van der Waals surface area contributed by atoms with E-state index in [1.807, 2.05) is 12.1 Å². The number of carbonyl (C=O) groups excluding carboxylic acids is 1. The van der Waals surface area contributed by atoms with Crippen LogP contribution in [0.1, 0.15) is 16.1 Å². The van der Waals surface area contributed by atoms with Crippen LogP contribution in [0.4, 0.5) is 4.39 Å². The molecule has 156 valence electrons. The van der Waals surface area contributed by atoms with E-state index in [9.17, 15) is 9.18 Å². The van der Waals surface area contributed by atoms with Gasteiger partial charge in [-0.3, -0.25) is 9.69 Å². The topological polar surface area (TPSA) is 44.8 Å². The first-order chi connectivity index (χ1) is 14.2. The van der Waals surface area contributed by atoms with Crippen LogP contribution in [-0.4, -0.2) is 74.7 Å². The minimum absolute atomic E-state index is 0.0184. The molecule has 1 amide bonds. The maximum atomic E-state index is 13.1. The number of hydrogen-bond donors (Lipinski definition) is 1. The Balaban J connectivity index is 1.20. The predicted octanol–water partition coefficient (Wildman–Crippen LogP) is 2.94. The Labute approximate surface area is 175 Å². The van der Waals surface area contributed by atoms with Gasteiger partial charge in [0.2, 0.25) is 0 Å². The van der Waals surface area contributed by atoms with E-state index in [1.54, 1.807) is 12.1 Å². The number of hydrogen-bond acceptors (Lipinski definition) is 5. The van der Waals surface area contributed by atoms with Gasteiger partial charge in [-0.25, -0.2) is 4.39 Å². The summed E-state index contributed by atoms with van der Waals surface area (Å²) >= 11 is 1.45. The molecule has 7 heteroatoms. The third kappa shape index (κ3) is 5.63. The van der Waals surface area contributed by atoms with Crippen LogP contribution >= 0.6 is 11.3 Å². The zero-order valence-corrected chi connectivity index (χ0v) is 17.4. The van der Waals surface area contributed by atoms with Gasteiger partial charge in [-0.1, -0.05) is 12.1 Å². The largest absolute Gasteiger partial charge is 0.379 e. The molecule has 0 bridgehead atoms. The molecular formula is C22H28FN3O2S. The third-order valence-corrected chi connectivity index (χ3v) is 6.85. The fourth-order valence-electron chi connectivity index (χ4n) is 3.94. The lowest BCUT2D eigenvalue weighted by Crippen LogP contribution is -2.41. The van der Waals surface area contributed by atoms with Crippen molar-refractivity contribution in [2.45, 2.75) is 6.42 Å². The fourth-order valence-corrected chi connectivity index (χ4v) is 4.87. The molecule has 1 atom stereocenters. The Kier molecular flexibility index (Phi) is 6.92. The van der Waals surface area contributed by atoms with Gasteiger partial charge >= 0.3 is 0 Å². The Morgan fingerprint density at radius 2 is 1.83 bits per heavy atom. The average Bonchev–Trinajstić information content (AvgIpc) is 3.42. The highest BCUT2D eigenvalue weighted by Crippen LogP contribution is 2.28. The number of carbonyl (C=O) groups is 1. The standard InChI is InChI=1S/C22H28FN3O2S/c23-19-3-1-18(2-4-19)20-5-6-21(29-20)22(27)24-15-17-7-8-26(16-17)10-9-25-11-13-28-14-12-25/h1-6,17H,7-16H2,(H,24,27)/t17-/m1/s1. The van der Waals surface area contributed by atoms with Gasteiger partial charge in [-0.05, 0) is 48.7 Å². The summed E-state index contributed by atoms with van der Waals surface area (Å²) in [7, 11) is 0. The van der Waals surface area contributed by atoms with Crippen LogP contribution < -0.4 is 5.32 Å².